The Balaban J connectivity index is 0.00000264. The topological polar surface area (TPSA) is 32.6 Å². The van der Waals surface area contributed by atoms with E-state index in [1.807, 2.05) is 37.3 Å². The second-order valence-electron chi connectivity index (χ2n) is 5.12. The number of aromatic nitrogens is 1. The molecule has 23 heavy (non-hydrogen) atoms. The molecular formula is C16H21BrFIN4. The number of aryl methyl sites for hydroxylation is 1. The van der Waals surface area contributed by atoms with Crippen molar-refractivity contribution >= 4 is 45.9 Å². The Morgan fingerprint density at radius 2 is 2.13 bits per heavy atom. The van der Waals surface area contributed by atoms with Crippen LogP contribution in [0.5, 0.6) is 0 Å². The van der Waals surface area contributed by atoms with Crippen LogP contribution >= 0.6 is 39.9 Å². The number of halogens is 3. The number of rotatable bonds is 4. The maximum Gasteiger partial charge on any atom is 0.194 e. The summed E-state index contributed by atoms with van der Waals surface area (Å²) in [7, 11) is 5.74. The molecule has 0 saturated carbocycles. The summed E-state index contributed by atoms with van der Waals surface area (Å²) in [5, 5.41) is 3.25. The summed E-state index contributed by atoms with van der Waals surface area (Å²) >= 11 is 3.16. The molecule has 2 aromatic rings. The number of nitrogens with one attached hydrogen (secondary N) is 1. The molecule has 2 rings (SSSR count). The minimum Gasteiger partial charge on any atom is -0.353 e. The molecule has 4 nitrogen and oxygen atoms in total. The molecule has 0 amide bonds. The van der Waals surface area contributed by atoms with Crippen LogP contribution in [0.4, 0.5) is 4.39 Å². The highest BCUT2D eigenvalue weighted by Gasteiger charge is 2.09. The van der Waals surface area contributed by atoms with E-state index < -0.39 is 0 Å². The third kappa shape index (κ3) is 5.49. The van der Waals surface area contributed by atoms with Gasteiger partial charge in [-0.15, -0.1) is 24.0 Å². The van der Waals surface area contributed by atoms with E-state index in [2.05, 4.69) is 36.9 Å². The van der Waals surface area contributed by atoms with Crippen LogP contribution in [-0.2, 0) is 20.1 Å². The zero-order chi connectivity index (χ0) is 16.1. The second kappa shape index (κ2) is 9.27. The Labute approximate surface area is 161 Å². The van der Waals surface area contributed by atoms with Gasteiger partial charge in [-0.1, -0.05) is 6.07 Å². The van der Waals surface area contributed by atoms with Crippen molar-refractivity contribution in [2.75, 3.05) is 14.1 Å². The largest absolute Gasteiger partial charge is 0.353 e. The summed E-state index contributed by atoms with van der Waals surface area (Å²) in [4.78, 5) is 6.30. The summed E-state index contributed by atoms with van der Waals surface area (Å²) in [6.07, 6.45) is 2.02. The molecule has 126 valence electrons. The van der Waals surface area contributed by atoms with Crippen LogP contribution < -0.4 is 5.32 Å². The minimum atomic E-state index is -0.258. The molecule has 1 aromatic carbocycles. The highest BCUT2D eigenvalue weighted by molar-refractivity contribution is 14.0. The molecule has 0 atom stereocenters. The van der Waals surface area contributed by atoms with E-state index in [9.17, 15) is 4.39 Å². The Morgan fingerprint density at radius 3 is 2.70 bits per heavy atom. The van der Waals surface area contributed by atoms with Crippen molar-refractivity contribution in [2.24, 2.45) is 12.0 Å². The third-order valence-corrected chi connectivity index (χ3v) is 4.10. The lowest BCUT2D eigenvalue weighted by Gasteiger charge is -2.22. The normalized spacial score (nSPS) is 11.1. The van der Waals surface area contributed by atoms with E-state index in [0.29, 0.717) is 11.0 Å². The summed E-state index contributed by atoms with van der Waals surface area (Å²) in [5.41, 5.74) is 2.06. The van der Waals surface area contributed by atoms with Crippen molar-refractivity contribution < 1.29 is 4.39 Å². The highest BCUT2D eigenvalue weighted by atomic mass is 127. The van der Waals surface area contributed by atoms with Crippen molar-refractivity contribution in [3.63, 3.8) is 0 Å². The van der Waals surface area contributed by atoms with Gasteiger partial charge in [0.2, 0.25) is 0 Å². The number of hydrogen-bond donors (Lipinski definition) is 1. The smallest absolute Gasteiger partial charge is 0.194 e. The van der Waals surface area contributed by atoms with Crippen LogP contribution in [0.1, 0.15) is 11.3 Å². The monoisotopic (exact) mass is 494 g/mol. The molecule has 0 aliphatic heterocycles. The summed E-state index contributed by atoms with van der Waals surface area (Å²) in [6.45, 7) is 1.27. The fourth-order valence-corrected chi connectivity index (χ4v) is 2.44. The number of benzene rings is 1. The first-order valence-electron chi connectivity index (χ1n) is 6.97. The van der Waals surface area contributed by atoms with Gasteiger partial charge in [0.25, 0.3) is 0 Å². The predicted molar refractivity (Wildman–Crippen MR) is 107 cm³/mol. The van der Waals surface area contributed by atoms with Crippen molar-refractivity contribution in [1.82, 2.24) is 14.8 Å². The van der Waals surface area contributed by atoms with Crippen molar-refractivity contribution in [1.29, 1.82) is 0 Å². The molecule has 0 spiro atoms. The molecule has 0 unspecified atom stereocenters. The molecule has 1 N–H and O–H groups in total. The lowest BCUT2D eigenvalue weighted by molar-refractivity contribution is 0.461. The lowest BCUT2D eigenvalue weighted by atomic mass is 10.2. The molecule has 0 aliphatic carbocycles. The number of guanidine groups is 1. The second-order valence-corrected chi connectivity index (χ2v) is 5.97. The SMILES string of the molecule is CN=C(NCc1ccc(Br)c(F)c1)N(C)Cc1cccn1C.I. The van der Waals surface area contributed by atoms with Crippen molar-refractivity contribution in [2.45, 2.75) is 13.1 Å². The average Bonchev–Trinajstić information content (AvgIpc) is 2.88. The zero-order valence-electron chi connectivity index (χ0n) is 13.4. The van der Waals surface area contributed by atoms with Crippen molar-refractivity contribution in [3.05, 3.63) is 58.1 Å². The molecule has 0 saturated heterocycles. The molecule has 0 aliphatic rings. The van der Waals surface area contributed by atoms with E-state index in [1.54, 1.807) is 13.1 Å². The van der Waals surface area contributed by atoms with E-state index in [-0.39, 0.29) is 29.8 Å². The zero-order valence-corrected chi connectivity index (χ0v) is 17.3. The van der Waals surface area contributed by atoms with Crippen molar-refractivity contribution in [3.8, 4) is 0 Å². The minimum absolute atomic E-state index is 0. The maximum absolute atomic E-state index is 13.5. The fraction of sp³-hybridized carbons (Fsp3) is 0.312. The molecule has 0 radical (unpaired) electrons. The molecule has 1 heterocycles. The first kappa shape index (κ1) is 20.0. The van der Waals surface area contributed by atoms with Gasteiger partial charge in [-0.25, -0.2) is 4.39 Å². The number of aliphatic imine (C=N–C) groups is 1. The van der Waals surface area contributed by atoms with Gasteiger partial charge in [-0.05, 0) is 45.8 Å². The van der Waals surface area contributed by atoms with Gasteiger partial charge in [0, 0.05) is 39.6 Å². The van der Waals surface area contributed by atoms with Gasteiger partial charge >= 0.3 is 0 Å². The first-order chi connectivity index (χ1) is 10.5. The number of hydrogen-bond acceptors (Lipinski definition) is 1. The summed E-state index contributed by atoms with van der Waals surface area (Å²) < 4.78 is 16.1. The van der Waals surface area contributed by atoms with Crippen LogP contribution in [0.3, 0.4) is 0 Å². The average molecular weight is 495 g/mol. The fourth-order valence-electron chi connectivity index (χ4n) is 2.19. The van der Waals surface area contributed by atoms with E-state index in [0.717, 1.165) is 18.1 Å². The Hall–Kier alpha value is -1.09. The van der Waals surface area contributed by atoms with Gasteiger partial charge in [-0.3, -0.25) is 4.99 Å². The summed E-state index contributed by atoms with van der Waals surface area (Å²) in [6, 6.07) is 9.20. The van der Waals surface area contributed by atoms with Crippen LogP contribution in [0.25, 0.3) is 0 Å². The van der Waals surface area contributed by atoms with Crippen LogP contribution in [-0.4, -0.2) is 29.5 Å². The van der Waals surface area contributed by atoms with Crippen LogP contribution in [0, 0.1) is 5.82 Å². The molecule has 0 fully saturated rings. The van der Waals surface area contributed by atoms with Gasteiger partial charge in [-0.2, -0.15) is 0 Å². The van der Waals surface area contributed by atoms with Gasteiger partial charge in [0.15, 0.2) is 5.96 Å². The standard InChI is InChI=1S/C16H20BrFN4.HI/c1-19-16(22(3)11-13-5-4-8-21(13)2)20-10-12-6-7-14(17)15(18)9-12;/h4-9H,10-11H2,1-3H3,(H,19,20);1H. The third-order valence-electron chi connectivity index (χ3n) is 3.46. The molecule has 1 aromatic heterocycles. The quantitative estimate of drug-likeness (QED) is 0.399. The van der Waals surface area contributed by atoms with E-state index >= 15 is 0 Å². The Kier molecular flexibility index (Phi) is 8.04. The van der Waals surface area contributed by atoms with E-state index in [4.69, 9.17) is 0 Å². The van der Waals surface area contributed by atoms with Gasteiger partial charge < -0.3 is 14.8 Å². The van der Waals surface area contributed by atoms with Gasteiger partial charge in [0.1, 0.15) is 5.82 Å². The van der Waals surface area contributed by atoms with Gasteiger partial charge in [0.05, 0.1) is 11.0 Å². The lowest BCUT2D eigenvalue weighted by Crippen LogP contribution is -2.38. The highest BCUT2D eigenvalue weighted by Crippen LogP contribution is 2.16. The summed E-state index contributed by atoms with van der Waals surface area (Å²) in [5.74, 6) is 0.510. The van der Waals surface area contributed by atoms with Crippen LogP contribution in [0.15, 0.2) is 46.0 Å². The molecule has 7 heteroatoms. The Morgan fingerprint density at radius 1 is 1.39 bits per heavy atom. The predicted octanol–water partition coefficient (Wildman–Crippen LogP) is 3.75. The van der Waals surface area contributed by atoms with Crippen LogP contribution in [0.2, 0.25) is 0 Å². The molecular weight excluding hydrogens is 474 g/mol. The molecule has 0 bridgehead atoms. The Bertz CT molecular complexity index is 672. The maximum atomic E-state index is 13.5. The van der Waals surface area contributed by atoms with E-state index in [1.165, 1.54) is 11.8 Å². The number of nitrogens with zero attached hydrogens (tertiary/aromatic N) is 3. The first-order valence-corrected chi connectivity index (χ1v) is 7.76.